The fraction of sp³-hybridized carbons (Fsp3) is 0.167. The Morgan fingerprint density at radius 2 is 1.70 bits per heavy atom. The van der Waals surface area contributed by atoms with Crippen LogP contribution in [0.2, 0.25) is 0 Å². The molecule has 4 aromatic rings. The van der Waals surface area contributed by atoms with Gasteiger partial charge in [0.25, 0.3) is 0 Å². The summed E-state index contributed by atoms with van der Waals surface area (Å²) in [5.74, 6) is 2.21. The molecule has 6 heteroatoms. The summed E-state index contributed by atoms with van der Waals surface area (Å²) in [5, 5.41) is 3.00. The van der Waals surface area contributed by atoms with Crippen molar-refractivity contribution < 1.29 is 14.3 Å². The minimum atomic E-state index is -0.0584. The lowest BCUT2D eigenvalue weighted by atomic mass is 10.1. The number of hydrogen-bond acceptors (Lipinski definition) is 4. The first kappa shape index (κ1) is 19.5. The number of amides is 1. The normalized spacial score (nSPS) is 10.7. The minimum absolute atomic E-state index is 0.0584. The van der Waals surface area contributed by atoms with Crippen LogP contribution in [-0.2, 0) is 4.79 Å². The van der Waals surface area contributed by atoms with Gasteiger partial charge in [-0.25, -0.2) is 4.98 Å². The van der Waals surface area contributed by atoms with Gasteiger partial charge in [0.2, 0.25) is 5.91 Å². The fourth-order valence-electron chi connectivity index (χ4n) is 3.19. The van der Waals surface area contributed by atoms with Gasteiger partial charge in [-0.2, -0.15) is 0 Å². The SMILES string of the molecule is COc1ccc(OCCCC(=O)Nc2ccccc2-c2nc3ccccc3[nH]2)cc1. The molecule has 0 aliphatic heterocycles. The maximum absolute atomic E-state index is 12.4. The zero-order chi connectivity index (χ0) is 20.8. The minimum Gasteiger partial charge on any atom is -0.497 e. The van der Waals surface area contributed by atoms with Crippen molar-refractivity contribution in [3.05, 3.63) is 72.8 Å². The molecular weight excluding hydrogens is 378 g/mol. The number of aromatic nitrogens is 2. The maximum atomic E-state index is 12.4. The first-order chi connectivity index (χ1) is 14.7. The summed E-state index contributed by atoms with van der Waals surface area (Å²) in [7, 11) is 1.63. The number of nitrogens with zero attached hydrogens (tertiary/aromatic N) is 1. The molecule has 0 aliphatic rings. The van der Waals surface area contributed by atoms with Crippen LogP contribution in [-0.4, -0.2) is 29.6 Å². The summed E-state index contributed by atoms with van der Waals surface area (Å²) in [6.07, 6.45) is 0.981. The standard InChI is InChI=1S/C24H23N3O3/c1-29-17-12-14-18(15-13-17)30-16-6-11-23(28)25-20-8-3-2-7-19(20)24-26-21-9-4-5-10-22(21)27-24/h2-5,7-10,12-15H,6,11,16H2,1H3,(H,25,28)(H,26,27). The van der Waals surface area contributed by atoms with E-state index in [0.29, 0.717) is 19.4 Å². The fourth-order valence-corrected chi connectivity index (χ4v) is 3.19. The van der Waals surface area contributed by atoms with Crippen molar-refractivity contribution >= 4 is 22.6 Å². The largest absolute Gasteiger partial charge is 0.497 e. The summed E-state index contributed by atoms with van der Waals surface area (Å²) < 4.78 is 10.8. The molecule has 0 aliphatic carbocycles. The van der Waals surface area contributed by atoms with E-state index in [2.05, 4.69) is 15.3 Å². The van der Waals surface area contributed by atoms with Crippen LogP contribution >= 0.6 is 0 Å². The molecule has 0 unspecified atom stereocenters. The summed E-state index contributed by atoms with van der Waals surface area (Å²) in [6, 6.07) is 22.9. The topological polar surface area (TPSA) is 76.2 Å². The summed E-state index contributed by atoms with van der Waals surface area (Å²) >= 11 is 0. The van der Waals surface area contributed by atoms with Gasteiger partial charge in [-0.1, -0.05) is 24.3 Å². The Balaban J connectivity index is 1.34. The molecule has 3 aromatic carbocycles. The third kappa shape index (κ3) is 4.60. The highest BCUT2D eigenvalue weighted by Gasteiger charge is 2.11. The number of para-hydroxylation sites is 3. The number of fused-ring (bicyclic) bond motifs is 1. The van der Waals surface area contributed by atoms with E-state index < -0.39 is 0 Å². The molecule has 152 valence electrons. The van der Waals surface area contributed by atoms with Gasteiger partial charge in [-0.3, -0.25) is 4.79 Å². The number of ether oxygens (including phenoxy) is 2. The smallest absolute Gasteiger partial charge is 0.224 e. The molecule has 0 bridgehead atoms. The number of imidazole rings is 1. The van der Waals surface area contributed by atoms with Gasteiger partial charge in [0.05, 0.1) is 30.4 Å². The zero-order valence-corrected chi connectivity index (χ0v) is 16.7. The molecule has 30 heavy (non-hydrogen) atoms. The van der Waals surface area contributed by atoms with Crippen LogP contribution in [0.3, 0.4) is 0 Å². The lowest BCUT2D eigenvalue weighted by molar-refractivity contribution is -0.116. The monoisotopic (exact) mass is 401 g/mol. The number of benzene rings is 3. The van der Waals surface area contributed by atoms with Gasteiger partial charge in [0.15, 0.2) is 0 Å². The number of H-pyrrole nitrogens is 1. The lowest BCUT2D eigenvalue weighted by Crippen LogP contribution is -2.13. The molecule has 0 atom stereocenters. The van der Waals surface area contributed by atoms with Crippen molar-refractivity contribution in [3.63, 3.8) is 0 Å². The van der Waals surface area contributed by atoms with E-state index in [1.54, 1.807) is 7.11 Å². The van der Waals surface area contributed by atoms with Crippen LogP contribution in [0, 0.1) is 0 Å². The second-order valence-corrected chi connectivity index (χ2v) is 6.82. The molecule has 1 heterocycles. The van der Waals surface area contributed by atoms with Gasteiger partial charge in [-0.15, -0.1) is 0 Å². The Morgan fingerprint density at radius 3 is 2.50 bits per heavy atom. The van der Waals surface area contributed by atoms with E-state index >= 15 is 0 Å². The molecule has 0 radical (unpaired) electrons. The highest BCUT2D eigenvalue weighted by molar-refractivity contribution is 5.95. The molecule has 0 saturated carbocycles. The number of carbonyl (C=O) groups is 1. The Hall–Kier alpha value is -3.80. The highest BCUT2D eigenvalue weighted by atomic mass is 16.5. The van der Waals surface area contributed by atoms with Crippen LogP contribution in [0.1, 0.15) is 12.8 Å². The number of anilines is 1. The van der Waals surface area contributed by atoms with E-state index in [4.69, 9.17) is 9.47 Å². The zero-order valence-electron chi connectivity index (χ0n) is 16.7. The van der Waals surface area contributed by atoms with E-state index in [-0.39, 0.29) is 5.91 Å². The summed E-state index contributed by atoms with van der Waals surface area (Å²) in [4.78, 5) is 20.4. The number of nitrogens with one attached hydrogen (secondary N) is 2. The van der Waals surface area contributed by atoms with Gasteiger partial charge in [-0.05, 0) is 55.0 Å². The number of hydrogen-bond donors (Lipinski definition) is 2. The van der Waals surface area contributed by atoms with Gasteiger partial charge in [0, 0.05) is 12.0 Å². The van der Waals surface area contributed by atoms with Crippen LogP contribution in [0.25, 0.3) is 22.4 Å². The van der Waals surface area contributed by atoms with Crippen molar-refractivity contribution in [1.29, 1.82) is 0 Å². The third-order valence-corrected chi connectivity index (χ3v) is 4.72. The van der Waals surface area contributed by atoms with E-state index in [1.807, 2.05) is 72.8 Å². The number of aromatic amines is 1. The van der Waals surface area contributed by atoms with Gasteiger partial charge >= 0.3 is 0 Å². The van der Waals surface area contributed by atoms with E-state index in [1.165, 1.54) is 0 Å². The Labute approximate surface area is 174 Å². The third-order valence-electron chi connectivity index (χ3n) is 4.72. The Morgan fingerprint density at radius 1 is 0.967 bits per heavy atom. The molecule has 4 rings (SSSR count). The molecule has 1 aromatic heterocycles. The molecule has 0 saturated heterocycles. The van der Waals surface area contributed by atoms with Gasteiger partial charge < -0.3 is 19.8 Å². The molecule has 1 amide bonds. The average molecular weight is 401 g/mol. The highest BCUT2D eigenvalue weighted by Crippen LogP contribution is 2.27. The second-order valence-electron chi connectivity index (χ2n) is 6.82. The molecule has 0 spiro atoms. The summed E-state index contributed by atoms with van der Waals surface area (Å²) in [5.41, 5.74) is 3.45. The van der Waals surface area contributed by atoms with Crippen molar-refractivity contribution in [2.75, 3.05) is 19.0 Å². The van der Waals surface area contributed by atoms with Crippen LogP contribution < -0.4 is 14.8 Å². The van der Waals surface area contributed by atoms with Crippen molar-refractivity contribution in [2.45, 2.75) is 12.8 Å². The molecule has 2 N–H and O–H groups in total. The second kappa shape index (κ2) is 9.13. The van der Waals surface area contributed by atoms with Crippen molar-refractivity contribution in [2.24, 2.45) is 0 Å². The predicted molar refractivity (Wildman–Crippen MR) is 118 cm³/mol. The first-order valence-corrected chi connectivity index (χ1v) is 9.84. The summed E-state index contributed by atoms with van der Waals surface area (Å²) in [6.45, 7) is 0.463. The van der Waals surface area contributed by atoms with E-state index in [9.17, 15) is 4.79 Å². The predicted octanol–water partition coefficient (Wildman–Crippen LogP) is 5.04. The Kier molecular flexibility index (Phi) is 5.94. The quantitative estimate of drug-likeness (QED) is 0.406. The first-order valence-electron chi connectivity index (χ1n) is 9.84. The van der Waals surface area contributed by atoms with E-state index in [0.717, 1.165) is 39.6 Å². The van der Waals surface area contributed by atoms with Crippen molar-refractivity contribution in [1.82, 2.24) is 9.97 Å². The number of carbonyl (C=O) groups excluding carboxylic acids is 1. The van der Waals surface area contributed by atoms with Crippen LogP contribution in [0.5, 0.6) is 11.5 Å². The van der Waals surface area contributed by atoms with Gasteiger partial charge in [0.1, 0.15) is 17.3 Å². The number of methoxy groups -OCH3 is 1. The van der Waals surface area contributed by atoms with Crippen LogP contribution in [0.4, 0.5) is 5.69 Å². The number of rotatable bonds is 8. The maximum Gasteiger partial charge on any atom is 0.224 e. The molecule has 0 fully saturated rings. The molecule has 6 nitrogen and oxygen atoms in total. The average Bonchev–Trinajstić information content (AvgIpc) is 3.21. The van der Waals surface area contributed by atoms with Crippen LogP contribution in [0.15, 0.2) is 72.8 Å². The van der Waals surface area contributed by atoms with Crippen molar-refractivity contribution in [3.8, 4) is 22.9 Å². The lowest BCUT2D eigenvalue weighted by Gasteiger charge is -2.10. The molecular formula is C24H23N3O3. The Bertz CT molecular complexity index is 1100.